The summed E-state index contributed by atoms with van der Waals surface area (Å²) in [7, 11) is 0. The molecule has 3 rings (SSSR count). The van der Waals surface area contributed by atoms with Gasteiger partial charge in [-0.25, -0.2) is 0 Å². The van der Waals surface area contributed by atoms with Crippen LogP contribution >= 0.6 is 23.5 Å². The number of nitrogens with one attached hydrogen (secondary N) is 4. The summed E-state index contributed by atoms with van der Waals surface area (Å²) in [6, 6.07) is 8.04. The van der Waals surface area contributed by atoms with Crippen LogP contribution in [-0.4, -0.2) is 35.4 Å². The van der Waals surface area contributed by atoms with E-state index >= 15 is 0 Å². The normalized spacial score (nSPS) is 24.0. The van der Waals surface area contributed by atoms with Crippen molar-refractivity contribution in [3.05, 3.63) is 35.4 Å². The van der Waals surface area contributed by atoms with E-state index in [-0.39, 0.29) is 17.9 Å². The minimum absolute atomic E-state index is 0.0950. The Hall–Kier alpha value is -1.22. The van der Waals surface area contributed by atoms with Crippen LogP contribution in [-0.2, 0) is 4.79 Å². The molecule has 0 aliphatic carbocycles. The van der Waals surface area contributed by atoms with E-state index < -0.39 is 0 Å². The monoisotopic (exact) mass is 366 g/mol. The van der Waals surface area contributed by atoms with E-state index in [0.29, 0.717) is 22.6 Å². The number of benzene rings is 1. The molecule has 0 aromatic heterocycles. The number of amides is 2. The van der Waals surface area contributed by atoms with Crippen molar-refractivity contribution in [1.82, 2.24) is 21.7 Å². The lowest BCUT2D eigenvalue weighted by molar-refractivity contribution is -0.122. The molecule has 6 nitrogen and oxygen atoms in total. The first kappa shape index (κ1) is 17.6. The highest BCUT2D eigenvalue weighted by Gasteiger charge is 2.23. The molecule has 0 bridgehead atoms. The first-order valence-corrected chi connectivity index (χ1v) is 10.1. The number of hydrogen-bond acceptors (Lipinski definition) is 6. The van der Waals surface area contributed by atoms with Crippen molar-refractivity contribution in [2.24, 2.45) is 0 Å². The molecular formula is C16H22N4O2S2. The molecule has 2 aliphatic heterocycles. The molecule has 130 valence electrons. The molecule has 2 heterocycles. The maximum Gasteiger partial charge on any atom is 0.269 e. The van der Waals surface area contributed by atoms with Crippen molar-refractivity contribution in [2.75, 3.05) is 11.5 Å². The fourth-order valence-electron chi connectivity index (χ4n) is 2.76. The smallest absolute Gasteiger partial charge is 0.269 e. The summed E-state index contributed by atoms with van der Waals surface area (Å²) in [5, 5.41) is 0. The van der Waals surface area contributed by atoms with Crippen molar-refractivity contribution in [3.8, 4) is 0 Å². The van der Waals surface area contributed by atoms with E-state index in [9.17, 15) is 9.59 Å². The van der Waals surface area contributed by atoms with Crippen molar-refractivity contribution in [1.29, 1.82) is 0 Å². The zero-order chi connectivity index (χ0) is 16.9. The predicted octanol–water partition coefficient (Wildman–Crippen LogP) is 1.57. The van der Waals surface area contributed by atoms with E-state index in [2.05, 4.69) is 28.6 Å². The quantitative estimate of drug-likeness (QED) is 0.606. The summed E-state index contributed by atoms with van der Waals surface area (Å²) >= 11 is 3.87. The number of thioether (sulfide) groups is 2. The van der Waals surface area contributed by atoms with Gasteiger partial charge >= 0.3 is 0 Å². The first-order chi connectivity index (χ1) is 11.6. The third kappa shape index (κ3) is 4.66. The lowest BCUT2D eigenvalue weighted by Crippen LogP contribution is -2.44. The Morgan fingerprint density at radius 2 is 1.83 bits per heavy atom. The number of carbonyl (C=O) groups excluding carboxylic acids is 2. The van der Waals surface area contributed by atoms with Crippen molar-refractivity contribution in [2.45, 2.75) is 36.4 Å². The minimum atomic E-state index is -0.299. The highest BCUT2D eigenvalue weighted by Crippen LogP contribution is 2.45. The van der Waals surface area contributed by atoms with Crippen LogP contribution in [0.3, 0.4) is 0 Å². The van der Waals surface area contributed by atoms with Crippen LogP contribution in [0.5, 0.6) is 0 Å². The summed E-state index contributed by atoms with van der Waals surface area (Å²) in [5.74, 6) is 1.85. The minimum Gasteiger partial charge on any atom is -0.273 e. The molecule has 2 amide bonds. The predicted molar refractivity (Wildman–Crippen MR) is 98.5 cm³/mol. The lowest BCUT2D eigenvalue weighted by Gasteiger charge is -2.12. The molecule has 2 fully saturated rings. The third-order valence-electron chi connectivity index (χ3n) is 3.99. The number of carbonyl (C=O) groups is 2. The molecule has 1 aromatic carbocycles. The fraction of sp³-hybridized carbons (Fsp3) is 0.500. The van der Waals surface area contributed by atoms with Crippen LogP contribution in [0.1, 0.15) is 40.3 Å². The van der Waals surface area contributed by atoms with Gasteiger partial charge in [-0.3, -0.25) is 31.3 Å². The molecule has 2 atom stereocenters. The Balaban J connectivity index is 1.45. The molecule has 2 saturated heterocycles. The zero-order valence-corrected chi connectivity index (χ0v) is 15.1. The summed E-state index contributed by atoms with van der Waals surface area (Å²) < 4.78 is 0.469. The van der Waals surface area contributed by atoms with E-state index in [4.69, 9.17) is 0 Å². The summed E-state index contributed by atoms with van der Waals surface area (Å²) in [6.45, 7) is 2.05. The maximum absolute atomic E-state index is 12.1. The standard InChI is InChI=1S/C16H22N4O2S2/c1-10-8-13(18-17-10)9-14(21)19-20-15(22)11-2-4-12(5-3-11)16-23-6-7-24-16/h2-5,10,13,16-18H,6-9H2,1H3,(H,19,21)(H,20,22). The van der Waals surface area contributed by atoms with Gasteiger partial charge in [-0.2, -0.15) is 0 Å². The van der Waals surface area contributed by atoms with E-state index in [0.717, 1.165) is 6.42 Å². The summed E-state index contributed by atoms with van der Waals surface area (Å²) in [4.78, 5) is 24.0. The van der Waals surface area contributed by atoms with Crippen LogP contribution in [0.4, 0.5) is 0 Å². The van der Waals surface area contributed by atoms with E-state index in [1.165, 1.54) is 17.1 Å². The fourth-order valence-corrected chi connectivity index (χ4v) is 5.61. The summed E-state index contributed by atoms with van der Waals surface area (Å²) in [6.07, 6.45) is 1.21. The topological polar surface area (TPSA) is 82.3 Å². The SMILES string of the molecule is CC1CC(CC(=O)NNC(=O)c2ccc(C3SCCS3)cc2)NN1. The lowest BCUT2D eigenvalue weighted by atomic mass is 10.1. The highest BCUT2D eigenvalue weighted by molar-refractivity contribution is 8.19. The average molecular weight is 367 g/mol. The van der Waals surface area contributed by atoms with Crippen LogP contribution in [0, 0.1) is 0 Å². The molecule has 24 heavy (non-hydrogen) atoms. The van der Waals surface area contributed by atoms with Gasteiger partial charge in [-0.05, 0) is 31.0 Å². The van der Waals surface area contributed by atoms with Gasteiger partial charge in [0.05, 0.1) is 4.58 Å². The Kier molecular flexibility index (Phi) is 6.04. The maximum atomic E-state index is 12.1. The molecule has 8 heteroatoms. The molecule has 4 N–H and O–H groups in total. The average Bonchev–Trinajstić information content (AvgIpc) is 3.25. The van der Waals surface area contributed by atoms with Crippen LogP contribution < -0.4 is 21.7 Å². The van der Waals surface area contributed by atoms with Gasteiger partial charge in [-0.1, -0.05) is 12.1 Å². The number of rotatable bonds is 4. The number of hydrogen-bond donors (Lipinski definition) is 4. The van der Waals surface area contributed by atoms with Gasteiger partial charge < -0.3 is 0 Å². The molecule has 2 unspecified atom stereocenters. The van der Waals surface area contributed by atoms with Crippen LogP contribution in [0.15, 0.2) is 24.3 Å². The molecule has 0 spiro atoms. The van der Waals surface area contributed by atoms with Gasteiger partial charge in [0.1, 0.15) is 0 Å². The number of hydrazine groups is 2. The molecule has 1 aromatic rings. The van der Waals surface area contributed by atoms with Crippen molar-refractivity contribution in [3.63, 3.8) is 0 Å². The Morgan fingerprint density at radius 1 is 1.12 bits per heavy atom. The first-order valence-electron chi connectivity index (χ1n) is 8.05. The molecule has 2 aliphatic rings. The molecule has 0 saturated carbocycles. The zero-order valence-electron chi connectivity index (χ0n) is 13.5. The Labute approximate surface area is 150 Å². The van der Waals surface area contributed by atoms with Crippen molar-refractivity contribution < 1.29 is 9.59 Å². The van der Waals surface area contributed by atoms with Crippen molar-refractivity contribution >= 4 is 35.3 Å². The van der Waals surface area contributed by atoms with E-state index in [1.807, 2.05) is 35.7 Å². The second-order valence-electron chi connectivity index (χ2n) is 6.02. The van der Waals surface area contributed by atoms with Gasteiger partial charge in [0.2, 0.25) is 5.91 Å². The third-order valence-corrected chi connectivity index (χ3v) is 7.09. The Bertz CT molecular complexity index is 590. The van der Waals surface area contributed by atoms with Gasteiger partial charge in [0, 0.05) is 35.6 Å². The molecule has 0 radical (unpaired) electrons. The Morgan fingerprint density at radius 3 is 2.46 bits per heavy atom. The van der Waals surface area contributed by atoms with Gasteiger partial charge in [-0.15, -0.1) is 23.5 Å². The largest absolute Gasteiger partial charge is 0.273 e. The van der Waals surface area contributed by atoms with Gasteiger partial charge in [0.15, 0.2) is 0 Å². The van der Waals surface area contributed by atoms with Crippen LogP contribution in [0.2, 0.25) is 0 Å². The van der Waals surface area contributed by atoms with Gasteiger partial charge in [0.25, 0.3) is 5.91 Å². The van der Waals surface area contributed by atoms with E-state index in [1.54, 1.807) is 12.1 Å². The second-order valence-corrected chi connectivity index (χ2v) is 8.75. The highest BCUT2D eigenvalue weighted by atomic mass is 32.2. The van der Waals surface area contributed by atoms with Crippen LogP contribution in [0.25, 0.3) is 0 Å². The summed E-state index contributed by atoms with van der Waals surface area (Å²) in [5.41, 5.74) is 12.9. The second kappa shape index (κ2) is 8.24. The molecular weight excluding hydrogens is 344 g/mol.